The average Bonchev–Trinajstić information content (AvgIpc) is 3.55. The molecule has 2 atom stereocenters. The first-order valence-electron chi connectivity index (χ1n) is 12.5. The molecule has 0 saturated carbocycles. The van der Waals surface area contributed by atoms with E-state index in [2.05, 4.69) is 10.1 Å². The molecule has 6 rings (SSSR count). The summed E-state index contributed by atoms with van der Waals surface area (Å²) >= 11 is 0. The van der Waals surface area contributed by atoms with E-state index in [-0.39, 0.29) is 17.3 Å². The number of benzene rings is 2. The van der Waals surface area contributed by atoms with Crippen LogP contribution in [0.2, 0.25) is 0 Å². The minimum atomic E-state index is -3.14. The van der Waals surface area contributed by atoms with Crippen molar-refractivity contribution >= 4 is 21.7 Å². The number of nitrogens with zero attached hydrogens (tertiary/aromatic N) is 4. The van der Waals surface area contributed by atoms with Crippen LogP contribution in [-0.2, 0) is 20.4 Å². The summed E-state index contributed by atoms with van der Waals surface area (Å²) in [4.78, 5) is 12.4. The summed E-state index contributed by atoms with van der Waals surface area (Å²) in [5.41, 5.74) is 2.86. The van der Waals surface area contributed by atoms with E-state index in [1.54, 1.807) is 25.6 Å². The number of hydrogen-bond acceptors (Lipinski definition) is 7. The lowest BCUT2D eigenvalue weighted by atomic mass is 9.75. The van der Waals surface area contributed by atoms with Crippen molar-refractivity contribution in [3.63, 3.8) is 0 Å². The van der Waals surface area contributed by atoms with E-state index in [9.17, 15) is 12.8 Å². The maximum Gasteiger partial charge on any atom is 0.234 e. The number of oxime groups is 1. The summed E-state index contributed by atoms with van der Waals surface area (Å²) in [6.45, 7) is 4.31. The monoisotopic (exact) mass is 536 g/mol. The highest BCUT2D eigenvalue weighted by atomic mass is 32.2. The fourth-order valence-electron chi connectivity index (χ4n) is 5.85. The van der Waals surface area contributed by atoms with Crippen molar-refractivity contribution in [2.75, 3.05) is 25.2 Å². The molecule has 4 heterocycles. The fraction of sp³-hybridized carbons (Fsp3) is 0.357. The van der Waals surface area contributed by atoms with Crippen molar-refractivity contribution in [1.82, 2.24) is 14.5 Å². The highest BCUT2D eigenvalue weighted by Gasteiger charge is 2.55. The van der Waals surface area contributed by atoms with Crippen molar-refractivity contribution in [3.8, 4) is 11.4 Å². The van der Waals surface area contributed by atoms with Gasteiger partial charge in [-0.15, -0.1) is 0 Å². The van der Waals surface area contributed by atoms with Gasteiger partial charge in [-0.2, -0.15) is 0 Å². The molecule has 3 aliphatic heterocycles. The highest BCUT2D eigenvalue weighted by Crippen LogP contribution is 2.49. The molecule has 2 aromatic carbocycles. The molecular weight excluding hydrogens is 507 g/mol. The second-order valence-corrected chi connectivity index (χ2v) is 12.8. The average molecular weight is 537 g/mol. The number of imidazole rings is 1. The molecular formula is C28H29FN4O4S. The van der Waals surface area contributed by atoms with Gasteiger partial charge in [-0.3, -0.25) is 0 Å². The second-order valence-electron chi connectivity index (χ2n) is 10.6. The number of hydrogen-bond donors (Lipinski definition) is 0. The Hall–Kier alpha value is -3.66. The van der Waals surface area contributed by atoms with E-state index in [1.807, 2.05) is 53.8 Å². The lowest BCUT2D eigenvalue weighted by Gasteiger charge is -2.45. The van der Waals surface area contributed by atoms with Crippen LogP contribution in [0.3, 0.4) is 0 Å². The van der Waals surface area contributed by atoms with Crippen LogP contribution in [0.5, 0.6) is 5.75 Å². The van der Waals surface area contributed by atoms with Crippen molar-refractivity contribution in [2.24, 2.45) is 10.6 Å². The fourth-order valence-corrected chi connectivity index (χ4v) is 8.01. The van der Waals surface area contributed by atoms with Gasteiger partial charge < -0.3 is 19.0 Å². The van der Waals surface area contributed by atoms with Gasteiger partial charge in [0.05, 0.1) is 36.3 Å². The number of amidine groups is 1. The van der Waals surface area contributed by atoms with Gasteiger partial charge in [0, 0.05) is 30.6 Å². The molecule has 38 heavy (non-hydrogen) atoms. The van der Waals surface area contributed by atoms with Gasteiger partial charge in [-0.1, -0.05) is 23.4 Å². The Morgan fingerprint density at radius 1 is 1.18 bits per heavy atom. The zero-order valence-corrected chi connectivity index (χ0v) is 22.3. The minimum absolute atomic E-state index is 0.114. The van der Waals surface area contributed by atoms with Gasteiger partial charge in [0.1, 0.15) is 11.6 Å². The summed E-state index contributed by atoms with van der Waals surface area (Å²) < 4.78 is 46.5. The maximum absolute atomic E-state index is 13.7. The lowest BCUT2D eigenvalue weighted by Crippen LogP contribution is -2.54. The molecule has 1 spiro atoms. The molecule has 3 aromatic rings. The number of rotatable bonds is 4. The Labute approximate surface area is 221 Å². The van der Waals surface area contributed by atoms with Gasteiger partial charge in [-0.25, -0.2) is 17.8 Å². The maximum atomic E-state index is 13.7. The van der Waals surface area contributed by atoms with Gasteiger partial charge in [-0.05, 0) is 61.2 Å². The number of methoxy groups -OCH3 is 1. The number of aryl methyl sites for hydroxylation is 1. The Kier molecular flexibility index (Phi) is 5.64. The smallest absolute Gasteiger partial charge is 0.234 e. The lowest BCUT2D eigenvalue weighted by molar-refractivity contribution is -0.101. The van der Waals surface area contributed by atoms with Crippen LogP contribution in [0.15, 0.2) is 65.7 Å². The zero-order valence-electron chi connectivity index (χ0n) is 21.5. The van der Waals surface area contributed by atoms with E-state index in [4.69, 9.17) is 9.57 Å². The second kappa shape index (κ2) is 8.69. The van der Waals surface area contributed by atoms with Gasteiger partial charge in [0.15, 0.2) is 15.7 Å². The topological polar surface area (TPSA) is 86.0 Å². The zero-order chi connectivity index (χ0) is 26.7. The van der Waals surface area contributed by atoms with E-state index in [0.717, 1.165) is 28.1 Å². The molecule has 0 amide bonds. The molecule has 8 nitrogen and oxygen atoms in total. The summed E-state index contributed by atoms with van der Waals surface area (Å²) in [6, 6.07) is 12.1. The number of fused-ring (bicyclic) bond motifs is 1. The largest absolute Gasteiger partial charge is 0.495 e. The van der Waals surface area contributed by atoms with E-state index < -0.39 is 21.0 Å². The molecule has 2 fully saturated rings. The minimum Gasteiger partial charge on any atom is -0.495 e. The van der Waals surface area contributed by atoms with Crippen LogP contribution in [-0.4, -0.2) is 53.9 Å². The first-order chi connectivity index (χ1) is 18.1. The molecule has 1 aromatic heterocycles. The molecule has 0 aliphatic carbocycles. The SMILES string of the molecule is COc1cc(C=C2CC3(CCS(=O)(=O)C3)CN3C2=NOC3(C)c2ccc(F)cc2)ccc1-n1cnc(C)c1. The number of sulfone groups is 1. The summed E-state index contributed by atoms with van der Waals surface area (Å²) in [5.74, 6) is 1.30. The van der Waals surface area contributed by atoms with E-state index >= 15 is 0 Å². The molecule has 3 aliphatic rings. The molecule has 198 valence electrons. The number of ether oxygens (including phenoxy) is 1. The van der Waals surface area contributed by atoms with Crippen molar-refractivity contribution < 1.29 is 22.4 Å². The Balaban J connectivity index is 1.41. The van der Waals surface area contributed by atoms with Crippen molar-refractivity contribution in [3.05, 3.63) is 83.2 Å². The molecule has 0 bridgehead atoms. The van der Waals surface area contributed by atoms with Crippen molar-refractivity contribution in [1.29, 1.82) is 0 Å². The number of aromatic nitrogens is 2. The number of halogens is 1. The van der Waals surface area contributed by atoms with Crippen molar-refractivity contribution in [2.45, 2.75) is 32.4 Å². The summed E-state index contributed by atoms with van der Waals surface area (Å²) in [5, 5.41) is 4.48. The van der Waals surface area contributed by atoms with Crippen LogP contribution in [0.1, 0.15) is 36.6 Å². The normalized spacial score (nSPS) is 26.9. The standard InChI is InChI=1S/C28H29FN4O4S/c1-19-15-32(18-30-19)24-9-4-20(13-25(24)36-3)12-21-14-28(10-11-38(34,35)17-28)16-33-26(21)31-37-27(33,2)22-5-7-23(29)8-6-22/h4-9,12-13,15,18H,10-11,14,16-17H2,1-3H3. The van der Waals surface area contributed by atoms with Crippen LogP contribution in [0, 0.1) is 18.2 Å². The molecule has 0 N–H and O–H groups in total. The molecule has 2 unspecified atom stereocenters. The first kappa shape index (κ1) is 24.7. The van der Waals surface area contributed by atoms with Crippen LogP contribution in [0.25, 0.3) is 11.8 Å². The van der Waals surface area contributed by atoms with Crippen LogP contribution < -0.4 is 4.74 Å². The Morgan fingerprint density at radius 3 is 2.63 bits per heavy atom. The predicted molar refractivity (Wildman–Crippen MR) is 142 cm³/mol. The first-order valence-corrected chi connectivity index (χ1v) is 14.3. The van der Waals surface area contributed by atoms with E-state index in [0.29, 0.717) is 31.0 Å². The predicted octanol–water partition coefficient (Wildman–Crippen LogP) is 4.44. The third-order valence-electron chi connectivity index (χ3n) is 7.81. The molecule has 10 heteroatoms. The third kappa shape index (κ3) is 4.16. The molecule has 0 radical (unpaired) electrons. The summed E-state index contributed by atoms with van der Waals surface area (Å²) in [6.07, 6.45) is 6.84. The van der Waals surface area contributed by atoms with Crippen LogP contribution >= 0.6 is 0 Å². The Morgan fingerprint density at radius 2 is 1.97 bits per heavy atom. The highest BCUT2D eigenvalue weighted by molar-refractivity contribution is 7.91. The third-order valence-corrected chi connectivity index (χ3v) is 9.69. The summed E-state index contributed by atoms with van der Waals surface area (Å²) in [7, 11) is -1.52. The molecule has 2 saturated heterocycles. The van der Waals surface area contributed by atoms with Crippen LogP contribution in [0.4, 0.5) is 4.39 Å². The van der Waals surface area contributed by atoms with Gasteiger partial charge in [0.2, 0.25) is 5.72 Å². The van der Waals surface area contributed by atoms with E-state index in [1.165, 1.54) is 12.1 Å². The quantitative estimate of drug-likeness (QED) is 0.490. The number of piperidine rings is 1. The van der Waals surface area contributed by atoms with Gasteiger partial charge >= 0.3 is 0 Å². The Bertz CT molecular complexity index is 1580. The van der Waals surface area contributed by atoms with Gasteiger partial charge in [0.25, 0.3) is 0 Å².